The highest BCUT2D eigenvalue weighted by atomic mass is 16.2. The average Bonchev–Trinajstić information content (AvgIpc) is 2.84. The fourth-order valence-electron chi connectivity index (χ4n) is 2.49. The molecular weight excluding hydrogens is 292 g/mol. The van der Waals surface area contributed by atoms with Crippen LogP contribution in [0.5, 0.6) is 0 Å². The van der Waals surface area contributed by atoms with Gasteiger partial charge in [0.2, 0.25) is 5.91 Å². The van der Waals surface area contributed by atoms with Gasteiger partial charge in [0.05, 0.1) is 12.5 Å². The lowest BCUT2D eigenvalue weighted by molar-refractivity contribution is -0.121. The molecule has 1 amide bonds. The summed E-state index contributed by atoms with van der Waals surface area (Å²) in [6, 6.07) is 9.83. The molecular formula is C17H24N4O2. The largest absolute Gasteiger partial charge is 0.349 e. The van der Waals surface area contributed by atoms with Gasteiger partial charge in [-0.25, -0.2) is 0 Å². The van der Waals surface area contributed by atoms with Crippen LogP contribution in [0.3, 0.4) is 0 Å². The van der Waals surface area contributed by atoms with E-state index in [1.165, 1.54) is 0 Å². The Morgan fingerprint density at radius 2 is 1.91 bits per heavy atom. The first kappa shape index (κ1) is 17.0. The Labute approximate surface area is 135 Å². The zero-order chi connectivity index (χ0) is 16.8. The quantitative estimate of drug-likeness (QED) is 0.721. The maximum Gasteiger partial charge on any atom is 0.267 e. The number of rotatable bonds is 7. The highest BCUT2D eigenvalue weighted by Gasteiger charge is 2.17. The molecule has 3 N–H and O–H groups in total. The second kappa shape index (κ2) is 7.78. The van der Waals surface area contributed by atoms with Crippen LogP contribution in [-0.4, -0.2) is 41.6 Å². The van der Waals surface area contributed by atoms with E-state index in [2.05, 4.69) is 20.4 Å². The van der Waals surface area contributed by atoms with Gasteiger partial charge in [0, 0.05) is 11.3 Å². The lowest BCUT2D eigenvalue weighted by Gasteiger charge is -2.21. The first-order chi connectivity index (χ1) is 11.0. The van der Waals surface area contributed by atoms with Crippen LogP contribution < -0.4 is 10.9 Å². The predicted octanol–water partition coefficient (Wildman–Crippen LogP) is 1.36. The van der Waals surface area contributed by atoms with Gasteiger partial charge in [-0.2, -0.15) is 0 Å². The van der Waals surface area contributed by atoms with Crippen LogP contribution in [0.15, 0.2) is 35.1 Å². The molecule has 0 aliphatic rings. The van der Waals surface area contributed by atoms with Gasteiger partial charge in [-0.15, -0.1) is 0 Å². The summed E-state index contributed by atoms with van der Waals surface area (Å²) in [4.78, 5) is 26.1. The van der Waals surface area contributed by atoms with Gasteiger partial charge >= 0.3 is 0 Å². The third kappa shape index (κ3) is 4.82. The first-order valence-electron chi connectivity index (χ1n) is 7.72. The number of hydrogen-bond acceptors (Lipinski definition) is 3. The first-order valence-corrected chi connectivity index (χ1v) is 7.72. The van der Waals surface area contributed by atoms with Gasteiger partial charge in [-0.05, 0) is 39.5 Å². The Kier molecular flexibility index (Phi) is 5.76. The van der Waals surface area contributed by atoms with E-state index in [-0.39, 0.29) is 23.9 Å². The summed E-state index contributed by atoms with van der Waals surface area (Å²) in [5.74, 6) is -0.147. The van der Waals surface area contributed by atoms with E-state index >= 15 is 0 Å². The zero-order valence-electron chi connectivity index (χ0n) is 13.8. The standard InChI is InChI=1S/C17H24N4O2/c1-12-14(17(23)20-19-12)11-16(22)18-15(9-10-21(2)3)13-7-5-4-6-8-13/h4-8,15H,9-11H2,1-3H3,(H,18,22)(H2,19,20,23)/t15-/m1/s1. The number of nitrogens with zero attached hydrogens (tertiary/aromatic N) is 1. The van der Waals surface area contributed by atoms with Crippen LogP contribution in [0.2, 0.25) is 0 Å². The van der Waals surface area contributed by atoms with Crippen molar-refractivity contribution in [2.24, 2.45) is 0 Å². The van der Waals surface area contributed by atoms with Gasteiger partial charge in [0.15, 0.2) is 0 Å². The second-order valence-electron chi connectivity index (χ2n) is 5.98. The molecule has 6 heteroatoms. The number of aromatic amines is 2. The zero-order valence-corrected chi connectivity index (χ0v) is 13.8. The molecule has 2 rings (SSSR count). The molecule has 0 aliphatic heterocycles. The molecule has 0 aliphatic carbocycles. The number of nitrogens with one attached hydrogen (secondary N) is 3. The summed E-state index contributed by atoms with van der Waals surface area (Å²) in [5.41, 5.74) is 2.03. The van der Waals surface area contributed by atoms with Crippen molar-refractivity contribution in [2.75, 3.05) is 20.6 Å². The van der Waals surface area contributed by atoms with Gasteiger partial charge in [-0.1, -0.05) is 30.3 Å². The molecule has 0 saturated carbocycles. The summed E-state index contributed by atoms with van der Waals surface area (Å²) in [7, 11) is 4.01. The molecule has 1 heterocycles. The molecule has 0 bridgehead atoms. The van der Waals surface area contributed by atoms with Crippen molar-refractivity contribution in [2.45, 2.75) is 25.8 Å². The molecule has 0 fully saturated rings. The topological polar surface area (TPSA) is 81.0 Å². The second-order valence-corrected chi connectivity index (χ2v) is 5.98. The van der Waals surface area contributed by atoms with Gasteiger partial charge < -0.3 is 15.3 Å². The third-order valence-electron chi connectivity index (χ3n) is 3.83. The molecule has 2 aromatic rings. The number of carbonyl (C=O) groups is 1. The third-order valence-corrected chi connectivity index (χ3v) is 3.83. The summed E-state index contributed by atoms with van der Waals surface area (Å²) in [6.07, 6.45) is 0.890. The van der Waals surface area contributed by atoms with E-state index in [1.807, 2.05) is 44.4 Å². The fourth-order valence-corrected chi connectivity index (χ4v) is 2.49. The molecule has 0 saturated heterocycles. The molecule has 1 aromatic carbocycles. The van der Waals surface area contributed by atoms with Gasteiger partial charge in [0.1, 0.15) is 0 Å². The lowest BCUT2D eigenvalue weighted by atomic mass is 10.0. The molecule has 124 valence electrons. The van der Waals surface area contributed by atoms with E-state index in [9.17, 15) is 9.59 Å². The highest BCUT2D eigenvalue weighted by molar-refractivity contribution is 5.79. The van der Waals surface area contributed by atoms with Crippen LogP contribution >= 0.6 is 0 Å². The minimum Gasteiger partial charge on any atom is -0.349 e. The maximum atomic E-state index is 12.4. The van der Waals surface area contributed by atoms with Crippen molar-refractivity contribution in [3.8, 4) is 0 Å². The molecule has 23 heavy (non-hydrogen) atoms. The van der Waals surface area contributed by atoms with E-state index < -0.39 is 0 Å². The van der Waals surface area contributed by atoms with Crippen LogP contribution in [0.25, 0.3) is 0 Å². The molecule has 0 unspecified atom stereocenters. The minimum absolute atomic E-state index is 0.0653. The highest BCUT2D eigenvalue weighted by Crippen LogP contribution is 2.17. The Bertz CT molecular complexity index is 688. The number of hydrogen-bond donors (Lipinski definition) is 3. The molecule has 6 nitrogen and oxygen atoms in total. The number of carbonyl (C=O) groups excluding carboxylic acids is 1. The fraction of sp³-hybridized carbons (Fsp3) is 0.412. The van der Waals surface area contributed by atoms with Crippen LogP contribution in [0.1, 0.15) is 29.3 Å². The monoisotopic (exact) mass is 316 g/mol. The van der Waals surface area contributed by atoms with E-state index in [0.717, 1.165) is 18.5 Å². The molecule has 0 spiro atoms. The summed E-state index contributed by atoms with van der Waals surface area (Å²) in [5, 5.41) is 8.29. The van der Waals surface area contributed by atoms with Crippen molar-refractivity contribution in [1.82, 2.24) is 20.4 Å². The maximum absolute atomic E-state index is 12.4. The number of benzene rings is 1. The average molecular weight is 316 g/mol. The Morgan fingerprint density at radius 3 is 2.48 bits per heavy atom. The molecule has 1 atom stereocenters. The van der Waals surface area contributed by atoms with Crippen molar-refractivity contribution in [3.05, 3.63) is 57.5 Å². The van der Waals surface area contributed by atoms with Crippen molar-refractivity contribution < 1.29 is 4.79 Å². The number of aromatic nitrogens is 2. The SMILES string of the molecule is Cc1[nH][nH]c(=O)c1CC(=O)N[C@H](CCN(C)C)c1ccccc1. The van der Waals surface area contributed by atoms with E-state index in [4.69, 9.17) is 0 Å². The number of amides is 1. The molecule has 1 aromatic heterocycles. The number of aryl methyl sites for hydroxylation is 1. The van der Waals surface area contributed by atoms with Crippen molar-refractivity contribution >= 4 is 5.91 Å². The summed E-state index contributed by atoms with van der Waals surface area (Å²) < 4.78 is 0. The van der Waals surface area contributed by atoms with E-state index in [1.54, 1.807) is 6.92 Å². The number of H-pyrrole nitrogens is 2. The Balaban J connectivity index is 2.07. The normalized spacial score (nSPS) is 12.3. The summed E-state index contributed by atoms with van der Waals surface area (Å²) >= 11 is 0. The van der Waals surface area contributed by atoms with Gasteiger partial charge in [0.25, 0.3) is 5.56 Å². The predicted molar refractivity (Wildman–Crippen MR) is 90.4 cm³/mol. The smallest absolute Gasteiger partial charge is 0.267 e. The van der Waals surface area contributed by atoms with Crippen LogP contribution in [0.4, 0.5) is 0 Å². The van der Waals surface area contributed by atoms with Gasteiger partial charge in [-0.3, -0.25) is 14.7 Å². The Morgan fingerprint density at radius 1 is 1.22 bits per heavy atom. The van der Waals surface area contributed by atoms with Crippen molar-refractivity contribution in [1.29, 1.82) is 0 Å². The molecule has 0 radical (unpaired) electrons. The Hall–Kier alpha value is -2.34. The van der Waals surface area contributed by atoms with Crippen molar-refractivity contribution in [3.63, 3.8) is 0 Å². The van der Waals surface area contributed by atoms with Crippen LogP contribution in [0, 0.1) is 6.92 Å². The lowest BCUT2D eigenvalue weighted by Crippen LogP contribution is -2.33. The van der Waals surface area contributed by atoms with E-state index in [0.29, 0.717) is 11.3 Å². The summed E-state index contributed by atoms with van der Waals surface area (Å²) in [6.45, 7) is 2.64. The van der Waals surface area contributed by atoms with Crippen LogP contribution in [-0.2, 0) is 11.2 Å². The minimum atomic E-state index is -0.234.